The molecule has 0 atom stereocenters. The Hall–Kier alpha value is -3.63. The van der Waals surface area contributed by atoms with Crippen LogP contribution in [0.15, 0.2) is 48.7 Å². The lowest BCUT2D eigenvalue weighted by Gasteiger charge is -2.22. The molecule has 7 N–H and O–H groups in total. The summed E-state index contributed by atoms with van der Waals surface area (Å²) < 4.78 is 27.8. The van der Waals surface area contributed by atoms with E-state index in [1.165, 1.54) is 29.4 Å². The average molecular weight is 453 g/mol. The maximum absolute atomic E-state index is 14.2. The van der Waals surface area contributed by atoms with Crippen LogP contribution in [0.3, 0.4) is 0 Å². The highest BCUT2D eigenvalue weighted by Gasteiger charge is 2.34. The molecule has 0 aliphatic heterocycles. The van der Waals surface area contributed by atoms with Gasteiger partial charge in [-0.05, 0) is 43.2 Å². The van der Waals surface area contributed by atoms with Gasteiger partial charge in [0.2, 0.25) is 5.95 Å². The lowest BCUT2D eigenvalue weighted by atomic mass is 9.97. The fourth-order valence-corrected chi connectivity index (χ4v) is 3.97. The smallest absolute Gasteiger partial charge is 0.221 e. The maximum Gasteiger partial charge on any atom is 0.221 e. The van der Waals surface area contributed by atoms with Gasteiger partial charge in [-0.2, -0.15) is 0 Å². The van der Waals surface area contributed by atoms with Gasteiger partial charge in [0.25, 0.3) is 0 Å². The van der Waals surface area contributed by atoms with Gasteiger partial charge in [-0.25, -0.2) is 24.6 Å². The van der Waals surface area contributed by atoms with E-state index >= 15 is 0 Å². The number of aliphatic hydroxyl groups is 1. The van der Waals surface area contributed by atoms with Crippen LogP contribution in [0.1, 0.15) is 42.8 Å². The normalized spacial score (nSPS) is 15.6. The largest absolute Gasteiger partial charge is 0.396 e. The first-order valence-corrected chi connectivity index (χ1v) is 10.5. The first kappa shape index (κ1) is 22.6. The summed E-state index contributed by atoms with van der Waals surface area (Å²) in [5.74, 6) is 3.91. The number of nitrogens with two attached hydrogens (primary N) is 3. The molecule has 1 aliphatic carbocycles. The van der Waals surface area contributed by atoms with E-state index in [9.17, 15) is 13.9 Å². The van der Waals surface area contributed by atoms with Crippen LogP contribution in [0.5, 0.6) is 0 Å². The molecule has 33 heavy (non-hydrogen) atoms. The number of hydrazine groups is 1. The van der Waals surface area contributed by atoms with Crippen molar-refractivity contribution in [2.45, 2.75) is 37.8 Å². The second-order valence-corrected chi connectivity index (χ2v) is 8.11. The van der Waals surface area contributed by atoms with Crippen molar-refractivity contribution in [3.8, 4) is 11.3 Å². The first-order valence-electron chi connectivity index (χ1n) is 10.5. The lowest BCUT2D eigenvalue weighted by molar-refractivity contribution is 0.0396. The third-order valence-electron chi connectivity index (χ3n) is 5.63. The van der Waals surface area contributed by atoms with Gasteiger partial charge in [0.05, 0.1) is 35.0 Å². The number of rotatable bonds is 6. The van der Waals surface area contributed by atoms with Crippen molar-refractivity contribution in [3.05, 3.63) is 77.4 Å². The molecular weight excluding hydrogens is 428 g/mol. The topological polar surface area (TPSA) is 140 Å². The molecular formula is C23H25F2N7O. The highest BCUT2D eigenvalue weighted by molar-refractivity contribution is 5.68. The molecule has 0 amide bonds. The van der Waals surface area contributed by atoms with E-state index in [4.69, 9.17) is 17.3 Å². The van der Waals surface area contributed by atoms with E-state index < -0.39 is 17.2 Å². The molecule has 0 radical (unpaired) electrons. The van der Waals surface area contributed by atoms with Crippen LogP contribution >= 0.6 is 0 Å². The monoisotopic (exact) mass is 453 g/mol. The minimum absolute atomic E-state index is 0.0615. The fraction of sp³-hybridized carbons (Fsp3) is 0.261. The fourth-order valence-electron chi connectivity index (χ4n) is 3.97. The Labute approximate surface area is 189 Å². The van der Waals surface area contributed by atoms with Gasteiger partial charge >= 0.3 is 0 Å². The number of halogens is 2. The van der Waals surface area contributed by atoms with Crippen molar-refractivity contribution in [1.29, 1.82) is 0 Å². The lowest BCUT2D eigenvalue weighted by Crippen LogP contribution is -2.28. The highest BCUT2D eigenvalue weighted by atomic mass is 19.2. The third kappa shape index (κ3) is 4.91. The van der Waals surface area contributed by atoms with Crippen molar-refractivity contribution in [2.24, 2.45) is 11.6 Å². The molecule has 172 valence electrons. The summed E-state index contributed by atoms with van der Waals surface area (Å²) in [5.41, 5.74) is 12.7. The molecule has 2 heterocycles. The summed E-state index contributed by atoms with van der Waals surface area (Å²) in [6.07, 6.45) is 4.74. The van der Waals surface area contributed by atoms with Crippen molar-refractivity contribution < 1.29 is 13.9 Å². The molecule has 1 saturated carbocycles. The Morgan fingerprint density at radius 3 is 2.58 bits per heavy atom. The molecule has 0 saturated heterocycles. The third-order valence-corrected chi connectivity index (χ3v) is 5.63. The summed E-state index contributed by atoms with van der Waals surface area (Å²) in [6.45, 7) is 0.219. The van der Waals surface area contributed by atoms with E-state index in [-0.39, 0.29) is 35.1 Å². The van der Waals surface area contributed by atoms with Gasteiger partial charge in [-0.15, -0.1) is 0 Å². The average Bonchev–Trinajstić information content (AvgIpc) is 3.23. The van der Waals surface area contributed by atoms with Crippen molar-refractivity contribution in [3.63, 3.8) is 0 Å². The van der Waals surface area contributed by atoms with Crippen LogP contribution < -0.4 is 17.3 Å². The second kappa shape index (κ2) is 9.08. The van der Waals surface area contributed by atoms with Crippen LogP contribution in [0, 0.1) is 11.6 Å². The van der Waals surface area contributed by atoms with Crippen molar-refractivity contribution in [1.82, 2.24) is 20.0 Å². The Morgan fingerprint density at radius 2 is 1.82 bits per heavy atom. The molecule has 8 nitrogen and oxygen atoms in total. The minimum atomic E-state index is -1.04. The van der Waals surface area contributed by atoms with E-state index in [0.29, 0.717) is 24.2 Å². The summed E-state index contributed by atoms with van der Waals surface area (Å²) in [4.78, 5) is 12.6. The first-order chi connectivity index (χ1) is 15.7. The quantitative estimate of drug-likeness (QED) is 0.330. The van der Waals surface area contributed by atoms with Crippen LogP contribution in [0.4, 0.5) is 14.7 Å². The number of benzene rings is 1. The Bertz CT molecular complexity index is 1200. The summed E-state index contributed by atoms with van der Waals surface area (Å²) in [6, 6.07) is 10.6. The number of pyridine rings is 1. The number of nitrogen functional groups attached to an aromatic ring is 1. The van der Waals surface area contributed by atoms with Gasteiger partial charge in [-0.1, -0.05) is 25.0 Å². The van der Waals surface area contributed by atoms with Gasteiger partial charge in [-0.3, -0.25) is 4.98 Å². The maximum atomic E-state index is 14.2. The molecule has 3 aromatic rings. The van der Waals surface area contributed by atoms with Gasteiger partial charge in [0, 0.05) is 11.8 Å². The van der Waals surface area contributed by atoms with E-state index in [0.717, 1.165) is 18.9 Å². The number of hydrogen-bond acceptors (Lipinski definition) is 8. The number of aromatic nitrogens is 3. The Kier molecular flexibility index (Phi) is 6.21. The molecule has 1 aromatic carbocycles. The van der Waals surface area contributed by atoms with Crippen LogP contribution in [-0.2, 0) is 12.1 Å². The second-order valence-electron chi connectivity index (χ2n) is 8.11. The van der Waals surface area contributed by atoms with Crippen molar-refractivity contribution >= 4 is 11.6 Å². The molecule has 0 spiro atoms. The number of hydrogen-bond donors (Lipinski definition) is 4. The van der Waals surface area contributed by atoms with E-state index in [1.54, 1.807) is 6.07 Å². The predicted molar refractivity (Wildman–Crippen MR) is 120 cm³/mol. The van der Waals surface area contributed by atoms with E-state index in [2.05, 4.69) is 15.0 Å². The zero-order valence-electron chi connectivity index (χ0n) is 17.9. The van der Waals surface area contributed by atoms with Crippen LogP contribution in [-0.4, -0.2) is 25.1 Å². The molecule has 10 heteroatoms. The molecule has 1 fully saturated rings. The van der Waals surface area contributed by atoms with Crippen molar-refractivity contribution in [2.75, 3.05) is 5.73 Å². The molecule has 1 aliphatic rings. The summed E-state index contributed by atoms with van der Waals surface area (Å²) >= 11 is 0. The highest BCUT2D eigenvalue weighted by Crippen LogP contribution is 2.37. The zero-order chi connectivity index (χ0) is 23.6. The molecule has 2 aromatic heterocycles. The minimum Gasteiger partial charge on any atom is -0.396 e. The van der Waals surface area contributed by atoms with E-state index in [1.807, 2.05) is 12.1 Å². The summed E-state index contributed by atoms with van der Waals surface area (Å²) in [7, 11) is 0. The van der Waals surface area contributed by atoms with Gasteiger partial charge in [0.1, 0.15) is 5.60 Å². The zero-order valence-corrected chi connectivity index (χ0v) is 17.9. The van der Waals surface area contributed by atoms with Gasteiger partial charge < -0.3 is 21.6 Å². The number of anilines is 1. The predicted octanol–water partition coefficient (Wildman–Crippen LogP) is 2.79. The summed E-state index contributed by atoms with van der Waals surface area (Å²) in [5, 5.41) is 12.1. The van der Waals surface area contributed by atoms with Crippen LogP contribution in [0.25, 0.3) is 17.0 Å². The molecule has 0 unspecified atom stereocenters. The molecule has 0 bridgehead atoms. The van der Waals surface area contributed by atoms with Gasteiger partial charge in [0.15, 0.2) is 11.6 Å². The van der Waals surface area contributed by atoms with Crippen LogP contribution in [0.2, 0.25) is 0 Å². The Morgan fingerprint density at radius 1 is 1.09 bits per heavy atom. The number of nitrogens with zero attached hydrogens (tertiary/aromatic N) is 4. The standard InChI is InChI=1S/C23H25F2N7O/c24-16-7-4-6-15(21(16)25)18-11-19(31-22(27)30-18)17(26)13-32(28)12-14-5-3-8-20(29-14)23(33)9-1-2-10-23/h3-8,11,13,33H,1-2,9-10,12,26,28H2,(H2,27,30,31)/b17-13-. The Balaban J connectivity index is 1.55. The molecule has 4 rings (SSSR count). The SMILES string of the molecule is N/C(=C\N(N)Cc1cccc(C2(O)CCCC2)n1)c1cc(-c2cccc(F)c2F)nc(N)n1.